The van der Waals surface area contributed by atoms with Crippen LogP contribution in [-0.2, 0) is 9.84 Å². The van der Waals surface area contributed by atoms with E-state index >= 15 is 0 Å². The van der Waals surface area contributed by atoms with Gasteiger partial charge in [-0.1, -0.05) is 12.8 Å². The van der Waals surface area contributed by atoms with E-state index < -0.39 is 15.7 Å². The Morgan fingerprint density at radius 3 is 2.86 bits per heavy atom. The zero-order chi connectivity index (χ0) is 19.9. The minimum Gasteiger partial charge on any atom is -0.365 e. The van der Waals surface area contributed by atoms with Crippen LogP contribution in [0.5, 0.6) is 0 Å². The molecule has 2 aromatic rings. The number of amides is 1. The van der Waals surface area contributed by atoms with E-state index in [9.17, 15) is 18.5 Å². The first kappa shape index (κ1) is 18.3. The van der Waals surface area contributed by atoms with Crippen molar-refractivity contribution in [3.63, 3.8) is 0 Å². The molecule has 1 aliphatic carbocycles. The number of benzene rings is 1. The second-order valence-corrected chi connectivity index (χ2v) is 8.85. The Morgan fingerprint density at radius 2 is 2.11 bits per heavy atom. The Hall–Kier alpha value is -3.12. The van der Waals surface area contributed by atoms with Crippen LogP contribution >= 0.6 is 0 Å². The first-order valence-electron chi connectivity index (χ1n) is 9.02. The maximum atomic E-state index is 11.9. The highest BCUT2D eigenvalue weighted by molar-refractivity contribution is 7.94. The van der Waals surface area contributed by atoms with Crippen LogP contribution in [-0.4, -0.2) is 24.1 Å². The molecule has 1 aliphatic heterocycles. The summed E-state index contributed by atoms with van der Waals surface area (Å²) in [6.07, 6.45) is 6.75. The minimum absolute atomic E-state index is 0.0968. The Balaban J connectivity index is 1.67. The lowest BCUT2D eigenvalue weighted by Crippen LogP contribution is -2.22. The van der Waals surface area contributed by atoms with Crippen molar-refractivity contribution in [1.82, 2.24) is 9.78 Å². The molecule has 4 rings (SSSR count). The van der Waals surface area contributed by atoms with Gasteiger partial charge in [0.05, 0.1) is 22.9 Å². The third kappa shape index (κ3) is 3.16. The van der Waals surface area contributed by atoms with Gasteiger partial charge < -0.3 is 11.1 Å². The topological polar surface area (TPSA) is 131 Å². The fourth-order valence-electron chi connectivity index (χ4n) is 3.80. The van der Waals surface area contributed by atoms with Crippen molar-refractivity contribution < 1.29 is 13.2 Å². The summed E-state index contributed by atoms with van der Waals surface area (Å²) in [5, 5.41) is 18.1. The number of hydrogen-bond acceptors (Lipinski definition) is 6. The molecular formula is C19H19N5O3S. The van der Waals surface area contributed by atoms with E-state index in [0.717, 1.165) is 31.1 Å². The van der Waals surface area contributed by atoms with Crippen molar-refractivity contribution in [3.05, 3.63) is 40.9 Å². The molecule has 1 fully saturated rings. The number of primary amides is 1. The zero-order valence-electron chi connectivity index (χ0n) is 15.0. The van der Waals surface area contributed by atoms with Crippen molar-refractivity contribution in [2.75, 3.05) is 5.32 Å². The van der Waals surface area contributed by atoms with Crippen LogP contribution in [0.3, 0.4) is 0 Å². The van der Waals surface area contributed by atoms with Crippen LogP contribution in [0.15, 0.2) is 34.7 Å². The first-order valence-corrected chi connectivity index (χ1v) is 10.6. The predicted molar refractivity (Wildman–Crippen MR) is 103 cm³/mol. The molecule has 1 aromatic heterocycles. The predicted octanol–water partition coefficient (Wildman–Crippen LogP) is 2.74. The fraction of sp³-hybridized carbons (Fsp3) is 0.316. The molecule has 3 N–H and O–H groups in total. The Morgan fingerprint density at radius 1 is 1.32 bits per heavy atom. The SMILES string of the molecule is N#C[C@H]1CCCCC1n1cc(C(N)=O)c(Nc2ccc3c(c2)C=CS3(=O)=O)n1. The number of carbonyl (C=O) groups excluding carboxylic acids is 1. The van der Waals surface area contributed by atoms with Gasteiger partial charge >= 0.3 is 0 Å². The zero-order valence-corrected chi connectivity index (χ0v) is 15.8. The molecule has 144 valence electrons. The van der Waals surface area contributed by atoms with Crippen LogP contribution in [0.25, 0.3) is 6.08 Å². The third-order valence-electron chi connectivity index (χ3n) is 5.24. The molecule has 1 aromatic carbocycles. The molecule has 8 nitrogen and oxygen atoms in total. The lowest BCUT2D eigenvalue weighted by Gasteiger charge is -2.26. The molecule has 1 saturated carbocycles. The van der Waals surface area contributed by atoms with E-state index in [0.29, 0.717) is 17.1 Å². The minimum atomic E-state index is -3.37. The molecular weight excluding hydrogens is 378 g/mol. The molecule has 2 aliphatic rings. The van der Waals surface area contributed by atoms with E-state index in [-0.39, 0.29) is 22.4 Å². The number of anilines is 2. The molecule has 0 radical (unpaired) electrons. The van der Waals surface area contributed by atoms with Gasteiger partial charge in [-0.2, -0.15) is 10.4 Å². The fourth-order valence-corrected chi connectivity index (χ4v) is 4.99. The summed E-state index contributed by atoms with van der Waals surface area (Å²) < 4.78 is 25.4. The largest absolute Gasteiger partial charge is 0.365 e. The van der Waals surface area contributed by atoms with Gasteiger partial charge in [-0.05, 0) is 42.7 Å². The number of nitriles is 1. The number of rotatable bonds is 4. The standard InChI is InChI=1S/C19H19N5O3S/c20-10-13-3-1-2-4-16(13)24-11-15(18(21)25)19(23-24)22-14-5-6-17-12(9-14)7-8-28(17,26)27/h5-9,11,13,16H,1-4H2,(H2,21,25)(H,22,23)/t13-,16?/m1/s1. The normalized spacial score (nSPS) is 22.4. The van der Waals surface area contributed by atoms with Gasteiger partial charge in [-0.15, -0.1) is 0 Å². The van der Waals surface area contributed by atoms with Crippen molar-refractivity contribution in [2.45, 2.75) is 36.6 Å². The number of hydrogen-bond donors (Lipinski definition) is 2. The highest BCUT2D eigenvalue weighted by atomic mass is 32.2. The summed E-state index contributed by atoms with van der Waals surface area (Å²) >= 11 is 0. The Labute approximate surface area is 162 Å². The van der Waals surface area contributed by atoms with Gasteiger partial charge in [0.1, 0.15) is 5.56 Å². The number of nitrogens with two attached hydrogens (primary N) is 1. The van der Waals surface area contributed by atoms with E-state index in [1.54, 1.807) is 23.0 Å². The average molecular weight is 397 g/mol. The van der Waals surface area contributed by atoms with E-state index in [1.807, 2.05) is 0 Å². The summed E-state index contributed by atoms with van der Waals surface area (Å²) in [5.74, 6) is -0.487. The number of aromatic nitrogens is 2. The highest BCUT2D eigenvalue weighted by Gasteiger charge is 2.29. The molecule has 28 heavy (non-hydrogen) atoms. The van der Waals surface area contributed by atoms with Gasteiger partial charge in [0.25, 0.3) is 5.91 Å². The third-order valence-corrected chi connectivity index (χ3v) is 6.72. The summed E-state index contributed by atoms with van der Waals surface area (Å²) in [6, 6.07) is 7.05. The van der Waals surface area contributed by atoms with E-state index in [2.05, 4.69) is 16.5 Å². The summed E-state index contributed by atoms with van der Waals surface area (Å²) in [4.78, 5) is 12.2. The Kier molecular flexibility index (Phi) is 4.43. The molecule has 9 heteroatoms. The van der Waals surface area contributed by atoms with Gasteiger partial charge in [0, 0.05) is 17.3 Å². The molecule has 0 spiro atoms. The maximum Gasteiger partial charge on any atom is 0.254 e. The monoisotopic (exact) mass is 397 g/mol. The maximum absolute atomic E-state index is 11.9. The smallest absolute Gasteiger partial charge is 0.254 e. The Bertz CT molecular complexity index is 1130. The van der Waals surface area contributed by atoms with Crippen LogP contribution < -0.4 is 11.1 Å². The molecule has 1 unspecified atom stereocenters. The average Bonchev–Trinajstić information content (AvgIpc) is 3.23. The van der Waals surface area contributed by atoms with Crippen molar-refractivity contribution in [2.24, 2.45) is 11.7 Å². The van der Waals surface area contributed by atoms with Crippen LogP contribution in [0.2, 0.25) is 0 Å². The van der Waals surface area contributed by atoms with Crippen LogP contribution in [0, 0.1) is 17.2 Å². The number of nitrogens with one attached hydrogen (secondary N) is 1. The summed E-state index contributed by atoms with van der Waals surface area (Å²) in [6.45, 7) is 0. The quantitative estimate of drug-likeness (QED) is 0.815. The number of sulfone groups is 1. The van der Waals surface area contributed by atoms with Gasteiger partial charge in [0.2, 0.25) is 0 Å². The van der Waals surface area contributed by atoms with Gasteiger partial charge in [0.15, 0.2) is 15.7 Å². The number of carbonyl (C=O) groups is 1. The number of nitrogens with zero attached hydrogens (tertiary/aromatic N) is 3. The van der Waals surface area contributed by atoms with E-state index in [4.69, 9.17) is 5.73 Å². The van der Waals surface area contributed by atoms with Crippen LogP contribution in [0.4, 0.5) is 11.5 Å². The van der Waals surface area contributed by atoms with Gasteiger partial charge in [-0.25, -0.2) is 8.42 Å². The molecule has 2 heterocycles. The van der Waals surface area contributed by atoms with Crippen molar-refractivity contribution in [1.29, 1.82) is 5.26 Å². The lowest BCUT2D eigenvalue weighted by atomic mass is 9.85. The number of fused-ring (bicyclic) bond motifs is 1. The molecule has 0 saturated heterocycles. The highest BCUT2D eigenvalue weighted by Crippen LogP contribution is 2.35. The van der Waals surface area contributed by atoms with Gasteiger partial charge in [-0.3, -0.25) is 9.48 Å². The lowest BCUT2D eigenvalue weighted by molar-refractivity contribution is 0.100. The van der Waals surface area contributed by atoms with Crippen molar-refractivity contribution in [3.8, 4) is 6.07 Å². The molecule has 1 amide bonds. The molecule has 2 atom stereocenters. The first-order chi connectivity index (χ1) is 13.4. The summed E-state index contributed by atoms with van der Waals surface area (Å²) in [7, 11) is -3.37. The summed E-state index contributed by atoms with van der Waals surface area (Å²) in [5.41, 5.74) is 6.91. The van der Waals surface area contributed by atoms with Crippen molar-refractivity contribution >= 4 is 33.3 Å². The second kappa shape index (κ2) is 6.80. The van der Waals surface area contributed by atoms with Crippen LogP contribution in [0.1, 0.15) is 47.6 Å². The second-order valence-electron chi connectivity index (χ2n) is 7.05. The van der Waals surface area contributed by atoms with E-state index in [1.165, 1.54) is 12.1 Å². The molecule has 0 bridgehead atoms.